The number of anilines is 2. The number of aromatic hydroxyl groups is 1. The summed E-state index contributed by atoms with van der Waals surface area (Å²) < 4.78 is 130. The molecular formula is C41H27Cl2F9N4O6. The number of benzene rings is 3. The number of nitrogens with zero attached hydrogens (tertiary/aromatic N) is 3. The molecule has 1 aromatic heterocycles. The van der Waals surface area contributed by atoms with E-state index >= 15 is 4.79 Å². The van der Waals surface area contributed by atoms with E-state index in [1.54, 1.807) is 0 Å². The van der Waals surface area contributed by atoms with Crippen LogP contribution in [0.25, 0.3) is 0 Å². The monoisotopic (exact) mass is 912 g/mol. The molecule has 6 atom stereocenters. The van der Waals surface area contributed by atoms with Crippen molar-refractivity contribution in [2.45, 2.75) is 42.7 Å². The minimum Gasteiger partial charge on any atom is -0.508 e. The number of halogens is 11. The number of rotatable bonds is 6. The highest BCUT2D eigenvalue weighted by atomic mass is 35.5. The number of fused-ring (bicyclic) bond motifs is 4. The SMILES string of the molecule is COc1cccc(O)c1C1C2=CCC3C(=O)N(c4cc(C(F)(F)F)cc(C(F)(F)F)c4)C(=O)C3C2CC2C(=O)N(Nc3ncc(C(F)(F)F)cc3Cl)C(=O)C21c1ccc(Cl)cc1. The van der Waals surface area contributed by atoms with Crippen molar-refractivity contribution < 1.29 is 68.5 Å². The second-order valence-electron chi connectivity index (χ2n) is 15.1. The van der Waals surface area contributed by atoms with E-state index in [4.69, 9.17) is 27.9 Å². The Balaban J connectivity index is 1.32. The van der Waals surface area contributed by atoms with Crippen LogP contribution in [0, 0.1) is 23.7 Å². The van der Waals surface area contributed by atoms with Gasteiger partial charge in [0.1, 0.15) is 11.5 Å². The molecule has 2 N–H and O–H groups in total. The number of aromatic nitrogens is 1. The van der Waals surface area contributed by atoms with Gasteiger partial charge >= 0.3 is 18.5 Å². The maximum absolute atomic E-state index is 15.4. The van der Waals surface area contributed by atoms with Crippen LogP contribution in [-0.2, 0) is 43.1 Å². The molecule has 4 amide bonds. The summed E-state index contributed by atoms with van der Waals surface area (Å²) in [6.45, 7) is 0. The molecule has 0 bridgehead atoms. The largest absolute Gasteiger partial charge is 0.508 e. The molecule has 4 aromatic rings. The number of phenols is 1. The lowest BCUT2D eigenvalue weighted by Crippen LogP contribution is -2.53. The Morgan fingerprint density at radius 2 is 1.44 bits per heavy atom. The summed E-state index contributed by atoms with van der Waals surface area (Å²) in [5, 5.41) is 11.7. The van der Waals surface area contributed by atoms with Crippen LogP contribution in [0.2, 0.25) is 10.0 Å². The van der Waals surface area contributed by atoms with Gasteiger partial charge < -0.3 is 9.84 Å². The quantitative estimate of drug-likeness (QED) is 0.111. The van der Waals surface area contributed by atoms with Crippen LogP contribution in [-0.4, -0.2) is 45.8 Å². The third-order valence-corrected chi connectivity index (χ3v) is 12.5. The van der Waals surface area contributed by atoms with Crippen molar-refractivity contribution in [3.05, 3.63) is 122 Å². The molecule has 3 aromatic carbocycles. The molecule has 324 valence electrons. The zero-order valence-electron chi connectivity index (χ0n) is 31.3. The van der Waals surface area contributed by atoms with Crippen molar-refractivity contribution >= 4 is 58.3 Å². The summed E-state index contributed by atoms with van der Waals surface area (Å²) >= 11 is 12.5. The predicted molar refractivity (Wildman–Crippen MR) is 200 cm³/mol. The van der Waals surface area contributed by atoms with E-state index in [-0.39, 0.29) is 57.0 Å². The van der Waals surface area contributed by atoms with E-state index in [0.29, 0.717) is 17.3 Å². The zero-order valence-corrected chi connectivity index (χ0v) is 32.8. The topological polar surface area (TPSA) is 129 Å². The minimum atomic E-state index is -5.32. The number of imide groups is 2. The van der Waals surface area contributed by atoms with Crippen molar-refractivity contribution in [3.63, 3.8) is 0 Å². The third kappa shape index (κ3) is 6.62. The molecule has 0 radical (unpaired) electrons. The Morgan fingerprint density at radius 3 is 2.02 bits per heavy atom. The van der Waals surface area contributed by atoms with Crippen LogP contribution in [0.3, 0.4) is 0 Å². The molecule has 62 heavy (non-hydrogen) atoms. The first kappa shape index (κ1) is 42.9. The summed E-state index contributed by atoms with van der Waals surface area (Å²) in [5.41, 5.74) is -5.25. The molecule has 0 spiro atoms. The van der Waals surface area contributed by atoms with Crippen molar-refractivity contribution in [1.82, 2.24) is 9.99 Å². The van der Waals surface area contributed by atoms with Gasteiger partial charge in [-0.25, -0.2) is 9.88 Å². The number of carbonyl (C=O) groups is 4. The lowest BCUT2D eigenvalue weighted by atomic mass is 9.49. The van der Waals surface area contributed by atoms with Gasteiger partial charge in [-0.05, 0) is 72.9 Å². The van der Waals surface area contributed by atoms with Gasteiger partial charge in [0.05, 0.1) is 57.7 Å². The number of methoxy groups -OCH3 is 1. The number of carbonyl (C=O) groups excluding carboxylic acids is 4. The second-order valence-corrected chi connectivity index (χ2v) is 15.9. The van der Waals surface area contributed by atoms with Crippen LogP contribution in [0.5, 0.6) is 11.5 Å². The maximum atomic E-state index is 15.4. The second kappa shape index (κ2) is 14.6. The van der Waals surface area contributed by atoms with Gasteiger partial charge in [0.2, 0.25) is 11.8 Å². The molecule has 6 unspecified atom stereocenters. The number of nitrogens with one attached hydrogen (secondary N) is 1. The first-order valence-corrected chi connectivity index (χ1v) is 19.1. The van der Waals surface area contributed by atoms with Crippen molar-refractivity contribution in [3.8, 4) is 11.5 Å². The minimum absolute atomic E-state index is 0.0241. The number of pyridine rings is 1. The highest BCUT2D eigenvalue weighted by Crippen LogP contribution is 2.66. The molecule has 21 heteroatoms. The third-order valence-electron chi connectivity index (χ3n) is 11.9. The molecule has 8 rings (SSSR count). The smallest absolute Gasteiger partial charge is 0.417 e. The first-order valence-electron chi connectivity index (χ1n) is 18.4. The van der Waals surface area contributed by atoms with Crippen LogP contribution >= 0.6 is 23.2 Å². The standard InChI is InChI=1S/C41H27Cl2F9N4O6/c1-62-29-4-2-3-28(57)31(29)32-23-9-10-24-30(36(60)55(34(24)58)22-12-18(39(44,45)46)11-19(13-22)40(47,48)49)25(23)15-26-35(59)56(37(61)38(26,32)17-5-7-21(42)8-6-17)54-33-27(43)14-20(16-53-33)41(50,51)52/h2-9,11-14,16,24-26,30,32,57H,10,15H2,1H3,(H,53,54). The summed E-state index contributed by atoms with van der Waals surface area (Å²) in [5.74, 6) is -12.6. The van der Waals surface area contributed by atoms with Crippen LogP contribution in [0.4, 0.5) is 51.0 Å². The normalized spacial score (nSPS) is 25.1. The van der Waals surface area contributed by atoms with Crippen molar-refractivity contribution in [2.75, 3.05) is 17.4 Å². The van der Waals surface area contributed by atoms with Crippen LogP contribution in [0.1, 0.15) is 46.6 Å². The molecule has 2 saturated heterocycles. The first-order chi connectivity index (χ1) is 29.0. The Labute approximate surface area is 353 Å². The number of hydrogen-bond acceptors (Lipinski definition) is 8. The Bertz CT molecular complexity index is 2570. The maximum Gasteiger partial charge on any atom is 0.417 e. The van der Waals surface area contributed by atoms with E-state index in [1.807, 2.05) is 0 Å². The van der Waals surface area contributed by atoms with Gasteiger partial charge in [-0.1, -0.05) is 53.1 Å². The molecule has 2 aliphatic heterocycles. The summed E-state index contributed by atoms with van der Waals surface area (Å²) in [4.78, 5) is 62.9. The average Bonchev–Trinajstić information content (AvgIpc) is 3.58. The average molecular weight is 914 g/mol. The molecule has 2 aliphatic carbocycles. The van der Waals surface area contributed by atoms with Gasteiger partial charge in [-0.3, -0.25) is 24.6 Å². The summed E-state index contributed by atoms with van der Waals surface area (Å²) in [7, 11) is 1.24. The number of amides is 4. The van der Waals surface area contributed by atoms with Gasteiger partial charge in [0, 0.05) is 22.7 Å². The van der Waals surface area contributed by atoms with E-state index < -0.39 is 123 Å². The number of hydrazine groups is 1. The summed E-state index contributed by atoms with van der Waals surface area (Å²) in [6, 6.07) is 10.6. The molecule has 3 heterocycles. The lowest BCUT2D eigenvalue weighted by molar-refractivity contribution is -0.143. The number of hydrogen-bond donors (Lipinski definition) is 2. The number of ether oxygens (including phenoxy) is 1. The summed E-state index contributed by atoms with van der Waals surface area (Å²) in [6.07, 6.45) is -14.4. The van der Waals surface area contributed by atoms with Crippen LogP contribution in [0.15, 0.2) is 84.6 Å². The highest BCUT2D eigenvalue weighted by Gasteiger charge is 2.71. The fourth-order valence-electron chi connectivity index (χ4n) is 9.42. The fraction of sp³-hybridized carbons (Fsp3) is 0.293. The van der Waals surface area contributed by atoms with E-state index in [9.17, 15) is 59.0 Å². The van der Waals surface area contributed by atoms with Gasteiger partial charge in [-0.15, -0.1) is 0 Å². The number of alkyl halides is 9. The fourth-order valence-corrected chi connectivity index (χ4v) is 9.75. The van der Waals surface area contributed by atoms with Crippen molar-refractivity contribution in [2.24, 2.45) is 23.7 Å². The number of phenolic OH excluding ortho intramolecular Hbond substituents is 1. The van der Waals surface area contributed by atoms with Gasteiger partial charge in [-0.2, -0.15) is 44.5 Å². The van der Waals surface area contributed by atoms with E-state index in [0.717, 1.165) is 0 Å². The predicted octanol–water partition coefficient (Wildman–Crippen LogP) is 9.35. The number of allylic oxidation sites excluding steroid dienone is 2. The molecule has 1 saturated carbocycles. The van der Waals surface area contributed by atoms with E-state index in [2.05, 4.69) is 10.4 Å². The Hall–Kier alpha value is -5.82. The lowest BCUT2D eigenvalue weighted by Gasteiger charge is -2.50. The molecule has 10 nitrogen and oxygen atoms in total. The zero-order chi connectivity index (χ0) is 45.0. The Kier molecular flexibility index (Phi) is 10.1. The van der Waals surface area contributed by atoms with Crippen molar-refractivity contribution in [1.29, 1.82) is 0 Å². The molecular weight excluding hydrogens is 886 g/mol. The highest BCUT2D eigenvalue weighted by molar-refractivity contribution is 6.33. The Morgan fingerprint density at radius 1 is 0.806 bits per heavy atom. The van der Waals surface area contributed by atoms with Crippen LogP contribution < -0.4 is 15.1 Å². The van der Waals surface area contributed by atoms with Gasteiger partial charge in [0.15, 0.2) is 5.82 Å². The molecule has 3 fully saturated rings. The van der Waals surface area contributed by atoms with E-state index in [1.165, 1.54) is 55.7 Å². The molecule has 4 aliphatic rings. The van der Waals surface area contributed by atoms with Gasteiger partial charge in [0.25, 0.3) is 11.8 Å².